The molecule has 0 aromatic heterocycles. The van der Waals surface area contributed by atoms with Crippen LogP contribution in [0.3, 0.4) is 0 Å². The zero-order chi connectivity index (χ0) is 26.9. The number of anilines is 1. The molecule has 2 atom stereocenters. The van der Waals surface area contributed by atoms with Crippen molar-refractivity contribution in [3.63, 3.8) is 0 Å². The van der Waals surface area contributed by atoms with E-state index in [4.69, 9.17) is 30.5 Å². The molecule has 0 heterocycles. The lowest BCUT2D eigenvalue weighted by Crippen LogP contribution is -2.48. The number of esters is 2. The van der Waals surface area contributed by atoms with Gasteiger partial charge in [-0.2, -0.15) is 0 Å². The number of hydrogen-bond donors (Lipinski definition) is 2. The van der Waals surface area contributed by atoms with Crippen molar-refractivity contribution in [1.29, 1.82) is 0 Å². The van der Waals surface area contributed by atoms with Gasteiger partial charge in [-0.15, -0.1) is 0 Å². The highest BCUT2D eigenvalue weighted by Crippen LogP contribution is 2.20. The van der Waals surface area contributed by atoms with Crippen molar-refractivity contribution in [2.75, 3.05) is 19.5 Å². The van der Waals surface area contributed by atoms with Gasteiger partial charge in [0, 0.05) is 10.7 Å². The molecule has 11 heteroatoms. The fourth-order valence-corrected chi connectivity index (χ4v) is 3.33. The Balaban J connectivity index is 1.93. The monoisotopic (exact) mass is 527 g/mol. The van der Waals surface area contributed by atoms with Gasteiger partial charge in [0.25, 0.3) is 5.91 Å². The third-order valence-electron chi connectivity index (χ3n) is 4.95. The SMILES string of the molecule is COc1cccc(C(=O)O[C@@H](C(=O)O)[C@@H](OC(=O)c2cccc(OC)c2)C(=O)Nc2cccc(Cl)c2)c1. The Kier molecular flexibility index (Phi) is 9.06. The summed E-state index contributed by atoms with van der Waals surface area (Å²) in [5.74, 6) is -4.27. The molecule has 10 nitrogen and oxygen atoms in total. The van der Waals surface area contributed by atoms with E-state index in [1.165, 1.54) is 62.8 Å². The van der Waals surface area contributed by atoms with Crippen molar-refractivity contribution in [3.05, 3.63) is 88.9 Å². The van der Waals surface area contributed by atoms with E-state index in [-0.39, 0.29) is 16.8 Å². The lowest BCUT2D eigenvalue weighted by atomic mass is 10.1. The highest BCUT2D eigenvalue weighted by molar-refractivity contribution is 6.30. The summed E-state index contributed by atoms with van der Waals surface area (Å²) in [7, 11) is 2.78. The van der Waals surface area contributed by atoms with Crippen LogP contribution in [0.25, 0.3) is 0 Å². The number of amides is 1. The summed E-state index contributed by atoms with van der Waals surface area (Å²) in [6, 6.07) is 17.6. The number of benzene rings is 3. The molecule has 0 radical (unpaired) electrons. The van der Waals surface area contributed by atoms with E-state index in [1.54, 1.807) is 24.3 Å². The predicted octanol–water partition coefficient (Wildman–Crippen LogP) is 3.83. The van der Waals surface area contributed by atoms with Crippen molar-refractivity contribution in [3.8, 4) is 11.5 Å². The normalized spacial score (nSPS) is 12.0. The molecule has 0 aliphatic rings. The quantitative estimate of drug-likeness (QED) is 0.377. The minimum Gasteiger partial charge on any atom is -0.497 e. The Morgan fingerprint density at radius 3 is 1.76 bits per heavy atom. The first-order valence-corrected chi connectivity index (χ1v) is 11.1. The molecule has 3 aromatic rings. The Labute approximate surface area is 216 Å². The molecule has 0 saturated carbocycles. The van der Waals surface area contributed by atoms with Gasteiger partial charge in [-0.1, -0.05) is 29.8 Å². The number of nitrogens with one attached hydrogen (secondary N) is 1. The van der Waals surface area contributed by atoms with Gasteiger partial charge in [0.2, 0.25) is 12.2 Å². The summed E-state index contributed by atoms with van der Waals surface area (Å²) in [5, 5.41) is 12.6. The lowest BCUT2D eigenvalue weighted by molar-refractivity contribution is -0.157. The van der Waals surface area contributed by atoms with E-state index in [1.807, 2.05) is 0 Å². The van der Waals surface area contributed by atoms with Gasteiger partial charge in [0.1, 0.15) is 11.5 Å². The molecule has 1 amide bonds. The summed E-state index contributed by atoms with van der Waals surface area (Å²) in [6.07, 6.45) is -4.28. The van der Waals surface area contributed by atoms with Gasteiger partial charge in [0.05, 0.1) is 25.3 Å². The van der Waals surface area contributed by atoms with E-state index in [0.717, 1.165) is 0 Å². The first-order chi connectivity index (χ1) is 17.7. The highest BCUT2D eigenvalue weighted by atomic mass is 35.5. The molecule has 0 aliphatic heterocycles. The molecule has 192 valence electrons. The molecule has 0 unspecified atom stereocenters. The highest BCUT2D eigenvalue weighted by Gasteiger charge is 2.41. The molecule has 0 bridgehead atoms. The summed E-state index contributed by atoms with van der Waals surface area (Å²) in [5.41, 5.74) is 0.130. The van der Waals surface area contributed by atoms with Crippen molar-refractivity contribution < 1.29 is 43.2 Å². The second-order valence-corrected chi connectivity index (χ2v) is 7.89. The minimum absolute atomic E-state index is 0.0248. The Morgan fingerprint density at radius 2 is 1.27 bits per heavy atom. The first kappa shape index (κ1) is 27.0. The molecule has 3 aromatic carbocycles. The number of ether oxygens (including phenoxy) is 4. The second kappa shape index (κ2) is 12.4. The average molecular weight is 528 g/mol. The molecule has 0 aliphatic carbocycles. The second-order valence-electron chi connectivity index (χ2n) is 7.45. The Bertz CT molecular complexity index is 1310. The number of carbonyl (C=O) groups excluding carboxylic acids is 3. The third-order valence-corrected chi connectivity index (χ3v) is 5.18. The maximum absolute atomic E-state index is 13.1. The van der Waals surface area contributed by atoms with E-state index < -0.39 is 36.0 Å². The van der Waals surface area contributed by atoms with E-state index >= 15 is 0 Å². The average Bonchev–Trinajstić information content (AvgIpc) is 2.90. The number of methoxy groups -OCH3 is 2. The number of carboxylic acids is 1. The van der Waals surface area contributed by atoms with Crippen LogP contribution in [0, 0.1) is 0 Å². The minimum atomic E-state index is -2.20. The fourth-order valence-electron chi connectivity index (χ4n) is 3.14. The Hall–Kier alpha value is -4.57. The number of aliphatic carboxylic acids is 1. The molecule has 0 saturated heterocycles. The topological polar surface area (TPSA) is 137 Å². The van der Waals surface area contributed by atoms with Gasteiger partial charge < -0.3 is 29.4 Å². The van der Waals surface area contributed by atoms with Crippen molar-refractivity contribution >= 4 is 41.1 Å². The molecular weight excluding hydrogens is 506 g/mol. The van der Waals surface area contributed by atoms with Gasteiger partial charge in [-0.3, -0.25) is 4.79 Å². The maximum atomic E-state index is 13.1. The van der Waals surface area contributed by atoms with Gasteiger partial charge in [-0.25, -0.2) is 14.4 Å². The fraction of sp³-hybridized carbons (Fsp3) is 0.154. The summed E-state index contributed by atoms with van der Waals surface area (Å²) in [6.45, 7) is 0. The zero-order valence-electron chi connectivity index (χ0n) is 19.7. The zero-order valence-corrected chi connectivity index (χ0v) is 20.4. The van der Waals surface area contributed by atoms with Crippen LogP contribution >= 0.6 is 11.6 Å². The standard InChI is InChI=1S/C26H22ClNO9/c1-34-19-10-3-6-15(12-19)25(32)36-21(23(29)28-18-9-5-8-17(27)14-18)22(24(30)31)37-26(33)16-7-4-11-20(13-16)35-2/h3-14,21-22H,1-2H3,(H,28,29)(H,30,31)/t21-,22-/m1/s1. The molecule has 2 N–H and O–H groups in total. The van der Waals surface area contributed by atoms with Crippen LogP contribution in [-0.4, -0.2) is 55.3 Å². The molecule has 0 fully saturated rings. The van der Waals surface area contributed by atoms with Crippen LogP contribution < -0.4 is 14.8 Å². The molecular formula is C26H22ClNO9. The maximum Gasteiger partial charge on any atom is 0.349 e. The number of carboxylic acid groups (broad SMARTS) is 1. The van der Waals surface area contributed by atoms with Crippen LogP contribution in [-0.2, 0) is 19.1 Å². The van der Waals surface area contributed by atoms with Gasteiger partial charge in [0.15, 0.2) is 0 Å². The van der Waals surface area contributed by atoms with Crippen LogP contribution in [0.2, 0.25) is 5.02 Å². The van der Waals surface area contributed by atoms with Crippen molar-refractivity contribution in [2.24, 2.45) is 0 Å². The summed E-state index contributed by atoms with van der Waals surface area (Å²) < 4.78 is 20.6. The summed E-state index contributed by atoms with van der Waals surface area (Å²) in [4.78, 5) is 50.9. The number of halogens is 1. The van der Waals surface area contributed by atoms with Crippen LogP contribution in [0.1, 0.15) is 20.7 Å². The number of rotatable bonds is 10. The van der Waals surface area contributed by atoms with Crippen LogP contribution in [0.5, 0.6) is 11.5 Å². The van der Waals surface area contributed by atoms with E-state index in [9.17, 15) is 24.3 Å². The number of carbonyl (C=O) groups is 4. The van der Waals surface area contributed by atoms with E-state index in [2.05, 4.69) is 5.32 Å². The third kappa shape index (κ3) is 7.21. The lowest BCUT2D eigenvalue weighted by Gasteiger charge is -2.23. The van der Waals surface area contributed by atoms with Crippen LogP contribution in [0.15, 0.2) is 72.8 Å². The van der Waals surface area contributed by atoms with Gasteiger partial charge >= 0.3 is 17.9 Å². The smallest absolute Gasteiger partial charge is 0.349 e. The van der Waals surface area contributed by atoms with Crippen LogP contribution in [0.4, 0.5) is 5.69 Å². The predicted molar refractivity (Wildman–Crippen MR) is 132 cm³/mol. The number of hydrogen-bond acceptors (Lipinski definition) is 8. The Morgan fingerprint density at radius 1 is 0.757 bits per heavy atom. The van der Waals surface area contributed by atoms with E-state index in [0.29, 0.717) is 16.5 Å². The van der Waals surface area contributed by atoms with Crippen molar-refractivity contribution in [2.45, 2.75) is 12.2 Å². The van der Waals surface area contributed by atoms with Gasteiger partial charge in [-0.05, 0) is 54.6 Å². The largest absolute Gasteiger partial charge is 0.497 e. The molecule has 3 rings (SSSR count). The molecule has 0 spiro atoms. The molecule has 37 heavy (non-hydrogen) atoms. The summed E-state index contributed by atoms with van der Waals surface area (Å²) >= 11 is 5.95. The first-order valence-electron chi connectivity index (χ1n) is 10.7. The van der Waals surface area contributed by atoms with Crippen molar-refractivity contribution in [1.82, 2.24) is 0 Å².